The first-order chi connectivity index (χ1) is 17.9. The molecule has 0 saturated heterocycles. The molecule has 200 valence electrons. The van der Waals surface area contributed by atoms with Crippen molar-refractivity contribution in [3.05, 3.63) is 59.7 Å². The van der Waals surface area contributed by atoms with Gasteiger partial charge in [-0.3, -0.25) is 9.59 Å². The minimum atomic E-state index is -0.369. The molecule has 0 aromatic heterocycles. The molecule has 2 N–H and O–H groups in total. The van der Waals surface area contributed by atoms with E-state index in [1.54, 1.807) is 48.5 Å². The lowest BCUT2D eigenvalue weighted by atomic mass is 10.2. The lowest BCUT2D eigenvalue weighted by Crippen LogP contribution is -2.14. The minimum Gasteiger partial charge on any atom is -0.462 e. The van der Waals surface area contributed by atoms with Gasteiger partial charge >= 0.3 is 11.9 Å². The first kappa shape index (κ1) is 29.9. The third-order valence-electron chi connectivity index (χ3n) is 5.22. The molecule has 37 heavy (non-hydrogen) atoms. The highest BCUT2D eigenvalue weighted by atomic mass is 32.2. The van der Waals surface area contributed by atoms with Gasteiger partial charge in [0.05, 0.1) is 24.3 Å². The molecule has 0 aliphatic heterocycles. The Hall–Kier alpha value is -3.33. The Morgan fingerprint density at radius 3 is 1.38 bits per heavy atom. The molecule has 0 fully saturated rings. The molecule has 0 saturated carbocycles. The number of amides is 2. The van der Waals surface area contributed by atoms with Gasteiger partial charge < -0.3 is 20.1 Å². The van der Waals surface area contributed by atoms with Crippen LogP contribution in [0.1, 0.15) is 73.1 Å². The second kappa shape index (κ2) is 17.2. The Kier molecular flexibility index (Phi) is 13.9. The van der Waals surface area contributed by atoms with Crippen LogP contribution in [0.25, 0.3) is 0 Å². The van der Waals surface area contributed by atoms with Crippen LogP contribution < -0.4 is 10.6 Å². The maximum atomic E-state index is 12.2. The zero-order valence-electron chi connectivity index (χ0n) is 21.5. The topological polar surface area (TPSA) is 111 Å². The summed E-state index contributed by atoms with van der Waals surface area (Å²) in [5.41, 5.74) is 2.12. The van der Waals surface area contributed by atoms with E-state index in [9.17, 15) is 19.2 Å². The van der Waals surface area contributed by atoms with E-state index in [1.165, 1.54) is 11.8 Å². The Morgan fingerprint density at radius 2 is 1.03 bits per heavy atom. The lowest BCUT2D eigenvalue weighted by Gasteiger charge is -2.08. The van der Waals surface area contributed by atoms with Gasteiger partial charge in [-0.2, -0.15) is 11.8 Å². The molecule has 2 rings (SSSR count). The van der Waals surface area contributed by atoms with Crippen molar-refractivity contribution < 1.29 is 28.7 Å². The van der Waals surface area contributed by atoms with Gasteiger partial charge in [0, 0.05) is 35.7 Å². The monoisotopic (exact) mass is 528 g/mol. The fraction of sp³-hybridized carbons (Fsp3) is 0.429. The molecule has 0 atom stereocenters. The summed E-state index contributed by atoms with van der Waals surface area (Å²) in [6.45, 7) is 4.85. The molecular weight excluding hydrogens is 492 g/mol. The zero-order chi connectivity index (χ0) is 26.9. The van der Waals surface area contributed by atoms with Crippen molar-refractivity contribution in [2.45, 2.75) is 52.4 Å². The molecule has 0 spiro atoms. The number of hydrogen-bond donors (Lipinski definition) is 2. The average molecular weight is 529 g/mol. The predicted octanol–water partition coefficient (Wildman–Crippen LogP) is 5.69. The highest BCUT2D eigenvalue weighted by Gasteiger charge is 2.10. The Morgan fingerprint density at radius 1 is 0.649 bits per heavy atom. The maximum absolute atomic E-state index is 12.2. The number of nitrogens with one attached hydrogen (secondary N) is 2. The minimum absolute atomic E-state index is 0.136. The number of benzene rings is 2. The smallest absolute Gasteiger partial charge is 0.338 e. The Bertz CT molecular complexity index is 927. The van der Waals surface area contributed by atoms with Gasteiger partial charge in [0.2, 0.25) is 11.8 Å². The summed E-state index contributed by atoms with van der Waals surface area (Å²) in [7, 11) is 0. The second-order valence-electron chi connectivity index (χ2n) is 8.34. The summed E-state index contributed by atoms with van der Waals surface area (Å²) in [4.78, 5) is 48.2. The fourth-order valence-corrected chi connectivity index (χ4v) is 3.91. The summed E-state index contributed by atoms with van der Waals surface area (Å²) in [5.74, 6) is 0.149. The molecule has 2 aromatic rings. The van der Waals surface area contributed by atoms with E-state index in [-0.39, 0.29) is 23.8 Å². The molecule has 0 aliphatic rings. The van der Waals surface area contributed by atoms with Crippen LogP contribution in [0.4, 0.5) is 11.4 Å². The van der Waals surface area contributed by atoms with E-state index in [1.807, 2.05) is 13.8 Å². The number of thioether (sulfide) groups is 1. The van der Waals surface area contributed by atoms with E-state index in [2.05, 4.69) is 10.6 Å². The molecule has 0 radical (unpaired) electrons. The van der Waals surface area contributed by atoms with Gasteiger partial charge in [-0.15, -0.1) is 0 Å². The van der Waals surface area contributed by atoms with Crippen molar-refractivity contribution in [2.75, 3.05) is 35.4 Å². The van der Waals surface area contributed by atoms with E-state index in [0.717, 1.165) is 25.7 Å². The molecule has 0 heterocycles. The molecule has 0 aliphatic carbocycles. The lowest BCUT2D eigenvalue weighted by molar-refractivity contribution is -0.116. The molecule has 2 amide bonds. The highest BCUT2D eigenvalue weighted by Crippen LogP contribution is 2.14. The number of anilines is 2. The summed E-state index contributed by atoms with van der Waals surface area (Å²) in [6.07, 6.45) is 4.19. The average Bonchev–Trinajstić information content (AvgIpc) is 2.89. The van der Waals surface area contributed by atoms with Crippen molar-refractivity contribution >= 4 is 46.9 Å². The normalized spacial score (nSPS) is 10.4. The Balaban J connectivity index is 1.61. The van der Waals surface area contributed by atoms with Crippen molar-refractivity contribution in [3.63, 3.8) is 0 Å². The van der Waals surface area contributed by atoms with Crippen molar-refractivity contribution in [2.24, 2.45) is 0 Å². The number of unbranched alkanes of at least 4 members (excludes halogenated alkanes) is 2. The van der Waals surface area contributed by atoms with Gasteiger partial charge in [-0.05, 0) is 61.4 Å². The van der Waals surface area contributed by atoms with E-state index < -0.39 is 0 Å². The van der Waals surface area contributed by atoms with Crippen LogP contribution in [0.2, 0.25) is 0 Å². The molecule has 0 bridgehead atoms. The number of carbonyl (C=O) groups excluding carboxylic acids is 4. The predicted molar refractivity (Wildman–Crippen MR) is 147 cm³/mol. The van der Waals surface area contributed by atoms with Crippen LogP contribution in [0.5, 0.6) is 0 Å². The van der Waals surface area contributed by atoms with Crippen LogP contribution in [-0.2, 0) is 19.1 Å². The standard InChI is InChI=1S/C28H36N2O6S/c1-3-5-17-35-27(33)21-7-11-23(12-8-21)29-25(31)15-19-37-20-16-26(32)30-24-13-9-22(10-14-24)28(34)36-18-6-4-2/h7-14H,3-6,15-20H2,1-2H3,(H,29,31)(H,30,32). The van der Waals surface area contributed by atoms with Crippen LogP contribution in [0, 0.1) is 0 Å². The summed E-state index contributed by atoms with van der Waals surface area (Å²) in [5, 5.41) is 5.61. The summed E-state index contributed by atoms with van der Waals surface area (Å²) >= 11 is 1.52. The highest BCUT2D eigenvalue weighted by molar-refractivity contribution is 7.99. The maximum Gasteiger partial charge on any atom is 0.338 e. The molecule has 9 heteroatoms. The van der Waals surface area contributed by atoms with Crippen molar-refractivity contribution in [1.82, 2.24) is 0 Å². The zero-order valence-corrected chi connectivity index (χ0v) is 22.4. The SMILES string of the molecule is CCCCOC(=O)c1ccc(NC(=O)CCSCCC(=O)Nc2ccc(C(=O)OCCCC)cc2)cc1. The van der Waals surface area contributed by atoms with E-state index in [0.29, 0.717) is 60.1 Å². The molecule has 2 aromatic carbocycles. The van der Waals surface area contributed by atoms with Crippen LogP contribution >= 0.6 is 11.8 Å². The first-order valence-electron chi connectivity index (χ1n) is 12.6. The van der Waals surface area contributed by atoms with Gasteiger partial charge in [-0.25, -0.2) is 9.59 Å². The first-order valence-corrected chi connectivity index (χ1v) is 13.8. The second-order valence-corrected chi connectivity index (χ2v) is 9.57. The Labute approximate surface area is 222 Å². The van der Waals surface area contributed by atoms with E-state index >= 15 is 0 Å². The number of esters is 2. The number of ether oxygens (including phenoxy) is 2. The third-order valence-corrected chi connectivity index (χ3v) is 6.20. The van der Waals surface area contributed by atoms with Crippen LogP contribution in [0.15, 0.2) is 48.5 Å². The number of carbonyl (C=O) groups is 4. The fourth-order valence-electron chi connectivity index (χ4n) is 3.04. The largest absolute Gasteiger partial charge is 0.462 e. The van der Waals surface area contributed by atoms with Crippen molar-refractivity contribution in [1.29, 1.82) is 0 Å². The van der Waals surface area contributed by atoms with Crippen molar-refractivity contribution in [3.8, 4) is 0 Å². The third kappa shape index (κ3) is 12.0. The molecule has 0 unspecified atom stereocenters. The number of hydrogen-bond acceptors (Lipinski definition) is 7. The summed E-state index contributed by atoms with van der Waals surface area (Å²) < 4.78 is 10.3. The quantitative estimate of drug-likeness (QED) is 0.213. The van der Waals surface area contributed by atoms with Crippen LogP contribution in [-0.4, -0.2) is 48.5 Å². The molecule has 8 nitrogen and oxygen atoms in total. The summed E-state index contributed by atoms with van der Waals surface area (Å²) in [6, 6.07) is 13.2. The van der Waals surface area contributed by atoms with Crippen LogP contribution in [0.3, 0.4) is 0 Å². The van der Waals surface area contributed by atoms with Gasteiger partial charge in [0.15, 0.2) is 0 Å². The van der Waals surface area contributed by atoms with Gasteiger partial charge in [0.25, 0.3) is 0 Å². The van der Waals surface area contributed by atoms with Gasteiger partial charge in [-0.1, -0.05) is 26.7 Å². The molecular formula is C28H36N2O6S. The van der Waals surface area contributed by atoms with E-state index in [4.69, 9.17) is 9.47 Å². The van der Waals surface area contributed by atoms with Gasteiger partial charge in [0.1, 0.15) is 0 Å². The number of rotatable bonds is 16.